The fourth-order valence-electron chi connectivity index (χ4n) is 0.981. The maximum absolute atomic E-state index is 10.3. The fourth-order valence-corrected chi connectivity index (χ4v) is 0.981. The number of aliphatic carboxylic acids is 1. The summed E-state index contributed by atoms with van der Waals surface area (Å²) in [4.78, 5) is 10.3. The molecule has 0 amide bonds. The third kappa shape index (κ3) is 2.64. The van der Waals surface area contributed by atoms with Gasteiger partial charge in [0, 0.05) is 5.57 Å². The predicted molar refractivity (Wildman–Crippen MR) is 41.7 cm³/mol. The molecular formula is C8H12O4. The van der Waals surface area contributed by atoms with Crippen molar-refractivity contribution in [1.29, 1.82) is 0 Å². The zero-order chi connectivity index (χ0) is 8.97. The molecule has 4 nitrogen and oxygen atoms in total. The van der Waals surface area contributed by atoms with Crippen molar-refractivity contribution in [2.45, 2.75) is 18.9 Å². The lowest BCUT2D eigenvalue weighted by molar-refractivity contribution is -0.132. The minimum Gasteiger partial charge on any atom is -0.478 e. The largest absolute Gasteiger partial charge is 0.478 e. The van der Waals surface area contributed by atoms with Gasteiger partial charge in [-0.25, -0.2) is 4.79 Å². The van der Waals surface area contributed by atoms with Gasteiger partial charge in [0.1, 0.15) is 6.79 Å². The van der Waals surface area contributed by atoms with Crippen molar-refractivity contribution in [2.75, 3.05) is 13.4 Å². The molecular weight excluding hydrogens is 160 g/mol. The fraction of sp³-hybridized carbons (Fsp3) is 0.625. The van der Waals surface area contributed by atoms with E-state index in [0.29, 0.717) is 26.2 Å². The maximum atomic E-state index is 10.3. The van der Waals surface area contributed by atoms with Crippen LogP contribution in [0.25, 0.3) is 0 Å². The molecule has 1 aliphatic rings. The number of rotatable bonds is 4. The number of carboxylic acid groups (broad SMARTS) is 1. The second-order valence-corrected chi connectivity index (χ2v) is 2.72. The van der Waals surface area contributed by atoms with Crippen molar-refractivity contribution < 1.29 is 19.4 Å². The number of hydrogen-bond acceptors (Lipinski definition) is 3. The van der Waals surface area contributed by atoms with Crippen LogP contribution in [0.3, 0.4) is 0 Å². The summed E-state index contributed by atoms with van der Waals surface area (Å²) in [6, 6.07) is 0. The lowest BCUT2D eigenvalue weighted by Crippen LogP contribution is -2.10. The molecule has 0 saturated carbocycles. The molecule has 0 radical (unpaired) electrons. The second kappa shape index (κ2) is 4.23. The minimum atomic E-state index is -0.936. The number of hydrogen-bond donors (Lipinski definition) is 1. The first-order chi connectivity index (χ1) is 5.70. The highest BCUT2D eigenvalue weighted by Gasteiger charge is 2.16. The van der Waals surface area contributed by atoms with Gasteiger partial charge in [0.15, 0.2) is 0 Å². The van der Waals surface area contributed by atoms with Crippen LogP contribution in [0.15, 0.2) is 12.2 Å². The summed E-state index contributed by atoms with van der Waals surface area (Å²) in [6.07, 6.45) is 1.18. The zero-order valence-corrected chi connectivity index (χ0v) is 6.78. The molecule has 1 saturated heterocycles. The van der Waals surface area contributed by atoms with Crippen molar-refractivity contribution in [3.63, 3.8) is 0 Å². The van der Waals surface area contributed by atoms with E-state index in [2.05, 4.69) is 6.58 Å². The summed E-state index contributed by atoms with van der Waals surface area (Å²) in [5.74, 6) is -0.936. The Balaban J connectivity index is 2.16. The van der Waals surface area contributed by atoms with Crippen LogP contribution in [0.4, 0.5) is 0 Å². The highest BCUT2D eigenvalue weighted by molar-refractivity contribution is 5.85. The van der Waals surface area contributed by atoms with Gasteiger partial charge in [0.2, 0.25) is 0 Å². The molecule has 1 heterocycles. The van der Waals surface area contributed by atoms with Crippen molar-refractivity contribution in [3.05, 3.63) is 12.2 Å². The Labute approximate surface area is 70.8 Å². The van der Waals surface area contributed by atoms with Crippen LogP contribution in [-0.4, -0.2) is 30.6 Å². The lowest BCUT2D eigenvalue weighted by Gasteiger charge is -2.05. The van der Waals surface area contributed by atoms with Gasteiger partial charge in [-0.05, 0) is 12.8 Å². The number of ether oxygens (including phenoxy) is 2. The SMILES string of the molecule is C=C(CCC1COCO1)C(=O)O. The molecule has 1 rings (SSSR count). The quantitative estimate of drug-likeness (QED) is 0.636. The molecule has 0 aromatic carbocycles. The van der Waals surface area contributed by atoms with E-state index in [-0.39, 0.29) is 11.7 Å². The first-order valence-corrected chi connectivity index (χ1v) is 3.80. The van der Waals surface area contributed by atoms with Gasteiger partial charge in [-0.3, -0.25) is 0 Å². The molecule has 1 N–H and O–H groups in total. The van der Waals surface area contributed by atoms with Crippen LogP contribution in [-0.2, 0) is 14.3 Å². The average Bonchev–Trinajstić information content (AvgIpc) is 2.51. The molecule has 68 valence electrons. The van der Waals surface area contributed by atoms with E-state index < -0.39 is 5.97 Å². The maximum Gasteiger partial charge on any atom is 0.330 e. The molecule has 1 fully saturated rings. The predicted octanol–water partition coefficient (Wildman–Crippen LogP) is 0.780. The number of carbonyl (C=O) groups is 1. The average molecular weight is 172 g/mol. The second-order valence-electron chi connectivity index (χ2n) is 2.72. The third-order valence-electron chi connectivity index (χ3n) is 1.76. The van der Waals surface area contributed by atoms with E-state index in [4.69, 9.17) is 14.6 Å². The Kier molecular flexibility index (Phi) is 3.25. The molecule has 0 spiro atoms. The molecule has 0 bridgehead atoms. The van der Waals surface area contributed by atoms with Crippen LogP contribution in [0.5, 0.6) is 0 Å². The van der Waals surface area contributed by atoms with Gasteiger partial charge >= 0.3 is 5.97 Å². The summed E-state index contributed by atoms with van der Waals surface area (Å²) in [6.45, 7) is 4.31. The molecule has 1 aliphatic heterocycles. The monoisotopic (exact) mass is 172 g/mol. The molecule has 1 atom stereocenters. The van der Waals surface area contributed by atoms with E-state index in [0.717, 1.165) is 0 Å². The molecule has 0 aliphatic carbocycles. The summed E-state index contributed by atoms with van der Waals surface area (Å²) >= 11 is 0. The van der Waals surface area contributed by atoms with Gasteiger partial charge in [0.25, 0.3) is 0 Å². The summed E-state index contributed by atoms with van der Waals surface area (Å²) < 4.78 is 10.1. The summed E-state index contributed by atoms with van der Waals surface area (Å²) in [5, 5.41) is 8.48. The van der Waals surface area contributed by atoms with Crippen molar-refractivity contribution in [1.82, 2.24) is 0 Å². The van der Waals surface area contributed by atoms with E-state index in [9.17, 15) is 4.79 Å². The zero-order valence-electron chi connectivity index (χ0n) is 6.78. The van der Waals surface area contributed by atoms with E-state index >= 15 is 0 Å². The van der Waals surface area contributed by atoms with Crippen LogP contribution in [0, 0.1) is 0 Å². The normalized spacial score (nSPS) is 22.5. The Morgan fingerprint density at radius 2 is 2.42 bits per heavy atom. The molecule has 1 unspecified atom stereocenters. The number of carboxylic acids is 1. The lowest BCUT2D eigenvalue weighted by atomic mass is 10.1. The van der Waals surface area contributed by atoms with Gasteiger partial charge < -0.3 is 14.6 Å². The van der Waals surface area contributed by atoms with Crippen LogP contribution in [0.1, 0.15) is 12.8 Å². The highest BCUT2D eigenvalue weighted by atomic mass is 16.7. The van der Waals surface area contributed by atoms with E-state index in [1.165, 1.54) is 0 Å². The molecule has 0 aromatic heterocycles. The topological polar surface area (TPSA) is 55.8 Å². The van der Waals surface area contributed by atoms with Crippen molar-refractivity contribution in [3.8, 4) is 0 Å². The Hall–Kier alpha value is -0.870. The van der Waals surface area contributed by atoms with Crippen molar-refractivity contribution >= 4 is 5.97 Å². The van der Waals surface area contributed by atoms with Crippen LogP contribution in [0.2, 0.25) is 0 Å². The third-order valence-corrected chi connectivity index (χ3v) is 1.76. The molecule has 4 heteroatoms. The Bertz CT molecular complexity index is 181. The van der Waals surface area contributed by atoms with E-state index in [1.807, 2.05) is 0 Å². The molecule has 12 heavy (non-hydrogen) atoms. The Morgan fingerprint density at radius 1 is 1.67 bits per heavy atom. The van der Waals surface area contributed by atoms with Crippen molar-refractivity contribution in [2.24, 2.45) is 0 Å². The highest BCUT2D eigenvalue weighted by Crippen LogP contribution is 2.12. The van der Waals surface area contributed by atoms with Crippen LogP contribution >= 0.6 is 0 Å². The minimum absolute atomic E-state index is 0.0427. The first-order valence-electron chi connectivity index (χ1n) is 3.80. The standard InChI is InChI=1S/C8H12O4/c1-6(8(9)10)2-3-7-4-11-5-12-7/h7H,1-5H2,(H,9,10). The smallest absolute Gasteiger partial charge is 0.330 e. The van der Waals surface area contributed by atoms with Gasteiger partial charge in [-0.15, -0.1) is 0 Å². The van der Waals surface area contributed by atoms with Gasteiger partial charge in [0.05, 0.1) is 12.7 Å². The Morgan fingerprint density at radius 3 is 2.92 bits per heavy atom. The first kappa shape index (κ1) is 9.22. The van der Waals surface area contributed by atoms with Crippen LogP contribution < -0.4 is 0 Å². The molecule has 0 aromatic rings. The summed E-state index contributed by atoms with van der Waals surface area (Å²) in [5.41, 5.74) is 0.227. The van der Waals surface area contributed by atoms with Gasteiger partial charge in [-0.2, -0.15) is 0 Å². The summed E-state index contributed by atoms with van der Waals surface area (Å²) in [7, 11) is 0. The van der Waals surface area contributed by atoms with Gasteiger partial charge in [-0.1, -0.05) is 6.58 Å². The van der Waals surface area contributed by atoms with E-state index in [1.54, 1.807) is 0 Å².